The number of rotatable bonds is 3. The molecule has 2 aromatic rings. The van der Waals surface area contributed by atoms with Gasteiger partial charge in [0.15, 0.2) is 0 Å². The summed E-state index contributed by atoms with van der Waals surface area (Å²) in [5.74, 6) is 1.84. The van der Waals surface area contributed by atoms with E-state index in [-0.39, 0.29) is 6.03 Å². The Bertz CT molecular complexity index is 728. The van der Waals surface area contributed by atoms with Crippen LogP contribution in [0.5, 0.6) is 11.6 Å². The second-order valence-electron chi connectivity index (χ2n) is 6.50. The number of pyridine rings is 1. The lowest BCUT2D eigenvalue weighted by Crippen LogP contribution is -2.32. The van der Waals surface area contributed by atoms with Crippen LogP contribution < -0.4 is 10.1 Å². The second kappa shape index (κ2) is 6.91. The number of hydrogen-bond donors (Lipinski definition) is 1. The minimum absolute atomic E-state index is 0.0658. The van der Waals surface area contributed by atoms with Gasteiger partial charge >= 0.3 is 6.03 Å². The molecule has 1 saturated heterocycles. The first-order valence-electron chi connectivity index (χ1n) is 8.28. The molecule has 1 unspecified atom stereocenters. The van der Waals surface area contributed by atoms with Gasteiger partial charge in [0.2, 0.25) is 5.88 Å². The van der Waals surface area contributed by atoms with E-state index >= 15 is 0 Å². The molecule has 126 valence electrons. The van der Waals surface area contributed by atoms with Crippen LogP contribution in [-0.2, 0) is 0 Å². The number of nitrogens with zero attached hydrogens (tertiary/aromatic N) is 2. The number of ether oxygens (including phenoxy) is 1. The first-order valence-corrected chi connectivity index (χ1v) is 8.28. The Labute approximate surface area is 142 Å². The van der Waals surface area contributed by atoms with E-state index in [0.29, 0.717) is 17.5 Å². The molecule has 0 saturated carbocycles. The third-order valence-electron chi connectivity index (χ3n) is 4.40. The van der Waals surface area contributed by atoms with Gasteiger partial charge in [-0.15, -0.1) is 0 Å². The molecule has 1 aromatic heterocycles. The Morgan fingerprint density at radius 1 is 1.25 bits per heavy atom. The normalized spacial score (nSPS) is 17.0. The van der Waals surface area contributed by atoms with Crippen molar-refractivity contribution < 1.29 is 9.53 Å². The molecule has 5 nitrogen and oxygen atoms in total. The number of carbonyl (C=O) groups is 1. The first kappa shape index (κ1) is 16.3. The van der Waals surface area contributed by atoms with Crippen LogP contribution in [0.2, 0.25) is 0 Å². The highest BCUT2D eigenvalue weighted by molar-refractivity contribution is 5.89. The van der Waals surface area contributed by atoms with Crippen molar-refractivity contribution in [3.05, 3.63) is 47.7 Å². The van der Waals surface area contributed by atoms with Crippen LogP contribution in [0.3, 0.4) is 0 Å². The fourth-order valence-electron chi connectivity index (χ4n) is 2.73. The number of nitrogens with one attached hydrogen (secondary N) is 1. The summed E-state index contributed by atoms with van der Waals surface area (Å²) in [4.78, 5) is 18.3. The molecular formula is C19H23N3O2. The van der Waals surface area contributed by atoms with E-state index in [0.717, 1.165) is 25.3 Å². The molecule has 1 atom stereocenters. The number of likely N-dealkylation sites (tertiary alicyclic amines) is 1. The number of amides is 2. The summed E-state index contributed by atoms with van der Waals surface area (Å²) in [6, 6.07) is 9.44. The molecule has 0 bridgehead atoms. The minimum Gasteiger partial charge on any atom is -0.439 e. The predicted octanol–water partition coefficient (Wildman–Crippen LogP) is 4.36. The lowest BCUT2D eigenvalue weighted by atomic mass is 10.1. The molecule has 1 N–H and O–H groups in total. The van der Waals surface area contributed by atoms with Gasteiger partial charge in [-0.1, -0.05) is 13.0 Å². The van der Waals surface area contributed by atoms with Gasteiger partial charge in [-0.3, -0.25) is 0 Å². The van der Waals surface area contributed by atoms with Crippen LogP contribution in [0, 0.1) is 19.8 Å². The molecule has 1 fully saturated rings. The van der Waals surface area contributed by atoms with E-state index in [9.17, 15) is 4.79 Å². The highest BCUT2D eigenvalue weighted by atomic mass is 16.5. The Morgan fingerprint density at radius 3 is 2.71 bits per heavy atom. The van der Waals surface area contributed by atoms with E-state index in [1.807, 2.05) is 30.0 Å². The Morgan fingerprint density at radius 2 is 2.08 bits per heavy atom. The molecule has 0 spiro atoms. The molecule has 2 heterocycles. The lowest BCUT2D eigenvalue weighted by molar-refractivity contribution is 0.221. The summed E-state index contributed by atoms with van der Waals surface area (Å²) in [6.07, 6.45) is 2.68. The van der Waals surface area contributed by atoms with Crippen LogP contribution >= 0.6 is 0 Å². The number of urea groups is 1. The number of carbonyl (C=O) groups excluding carboxylic acids is 1. The zero-order valence-corrected chi connectivity index (χ0v) is 14.4. The molecule has 1 aliphatic heterocycles. The number of aromatic nitrogens is 1. The summed E-state index contributed by atoms with van der Waals surface area (Å²) in [5, 5.41) is 2.88. The van der Waals surface area contributed by atoms with E-state index < -0.39 is 0 Å². The highest BCUT2D eigenvalue weighted by Crippen LogP contribution is 2.23. The van der Waals surface area contributed by atoms with Crippen LogP contribution in [0.25, 0.3) is 0 Å². The van der Waals surface area contributed by atoms with Gasteiger partial charge in [0.1, 0.15) is 5.75 Å². The first-order chi connectivity index (χ1) is 11.5. The van der Waals surface area contributed by atoms with Crippen LogP contribution in [-0.4, -0.2) is 29.0 Å². The third-order valence-corrected chi connectivity index (χ3v) is 4.40. The molecule has 2 amide bonds. The van der Waals surface area contributed by atoms with Gasteiger partial charge in [-0.2, -0.15) is 0 Å². The van der Waals surface area contributed by atoms with Crippen molar-refractivity contribution in [2.24, 2.45) is 5.92 Å². The van der Waals surface area contributed by atoms with Gasteiger partial charge in [0.25, 0.3) is 0 Å². The standard InChI is InChI=1S/C19H23N3O2/c1-13-8-9-22(12-13)19(23)21-16-5-7-18(20-11-16)24-17-6-4-14(2)15(3)10-17/h4-7,10-11,13H,8-9,12H2,1-3H3,(H,21,23). The summed E-state index contributed by atoms with van der Waals surface area (Å²) < 4.78 is 5.75. The monoisotopic (exact) mass is 325 g/mol. The molecule has 0 aliphatic carbocycles. The Balaban J connectivity index is 1.60. The van der Waals surface area contributed by atoms with Crippen LogP contribution in [0.15, 0.2) is 36.5 Å². The lowest BCUT2D eigenvalue weighted by Gasteiger charge is -2.16. The molecule has 0 radical (unpaired) electrons. The zero-order chi connectivity index (χ0) is 17.1. The van der Waals surface area contributed by atoms with Gasteiger partial charge < -0.3 is 15.0 Å². The van der Waals surface area contributed by atoms with Crippen molar-refractivity contribution in [2.45, 2.75) is 27.2 Å². The number of anilines is 1. The van der Waals surface area contributed by atoms with Gasteiger partial charge in [0, 0.05) is 19.2 Å². The molecule has 5 heteroatoms. The van der Waals surface area contributed by atoms with Crippen LogP contribution in [0.1, 0.15) is 24.5 Å². The Hall–Kier alpha value is -2.56. The van der Waals surface area contributed by atoms with Gasteiger partial charge in [-0.05, 0) is 55.5 Å². The fourth-order valence-corrected chi connectivity index (χ4v) is 2.73. The van der Waals surface area contributed by atoms with E-state index in [4.69, 9.17) is 4.74 Å². The maximum absolute atomic E-state index is 12.2. The second-order valence-corrected chi connectivity index (χ2v) is 6.50. The summed E-state index contributed by atoms with van der Waals surface area (Å²) >= 11 is 0. The van der Waals surface area contributed by atoms with Crippen molar-refractivity contribution in [3.8, 4) is 11.6 Å². The number of benzene rings is 1. The smallest absolute Gasteiger partial charge is 0.321 e. The van der Waals surface area contributed by atoms with Crippen molar-refractivity contribution in [3.63, 3.8) is 0 Å². The van der Waals surface area contributed by atoms with Crippen molar-refractivity contribution >= 4 is 11.7 Å². The molecular weight excluding hydrogens is 302 g/mol. The largest absolute Gasteiger partial charge is 0.439 e. The number of aryl methyl sites for hydroxylation is 2. The minimum atomic E-state index is -0.0658. The molecule has 24 heavy (non-hydrogen) atoms. The van der Waals surface area contributed by atoms with Crippen molar-refractivity contribution in [2.75, 3.05) is 18.4 Å². The Kier molecular flexibility index (Phi) is 4.69. The van der Waals surface area contributed by atoms with Crippen LogP contribution in [0.4, 0.5) is 10.5 Å². The summed E-state index contributed by atoms with van der Waals surface area (Å²) in [5.41, 5.74) is 3.08. The molecule has 1 aromatic carbocycles. The SMILES string of the molecule is Cc1ccc(Oc2ccc(NC(=O)N3CCC(C)C3)cn2)cc1C. The van der Waals surface area contributed by atoms with Crippen molar-refractivity contribution in [1.82, 2.24) is 9.88 Å². The van der Waals surface area contributed by atoms with E-state index in [2.05, 4.69) is 24.1 Å². The maximum atomic E-state index is 12.2. The van der Waals surface area contributed by atoms with Gasteiger partial charge in [-0.25, -0.2) is 9.78 Å². The summed E-state index contributed by atoms with van der Waals surface area (Å²) in [7, 11) is 0. The predicted molar refractivity (Wildman–Crippen MR) is 94.6 cm³/mol. The average Bonchev–Trinajstić information content (AvgIpc) is 2.99. The van der Waals surface area contributed by atoms with Gasteiger partial charge in [0.05, 0.1) is 11.9 Å². The van der Waals surface area contributed by atoms with Crippen molar-refractivity contribution in [1.29, 1.82) is 0 Å². The average molecular weight is 325 g/mol. The zero-order valence-electron chi connectivity index (χ0n) is 14.4. The summed E-state index contributed by atoms with van der Waals surface area (Å²) in [6.45, 7) is 7.90. The quantitative estimate of drug-likeness (QED) is 0.912. The van der Waals surface area contributed by atoms with E-state index in [1.54, 1.807) is 18.3 Å². The highest BCUT2D eigenvalue weighted by Gasteiger charge is 2.23. The number of hydrogen-bond acceptors (Lipinski definition) is 3. The maximum Gasteiger partial charge on any atom is 0.321 e. The topological polar surface area (TPSA) is 54.5 Å². The fraction of sp³-hybridized carbons (Fsp3) is 0.368. The molecule has 1 aliphatic rings. The third kappa shape index (κ3) is 3.85. The van der Waals surface area contributed by atoms with E-state index in [1.165, 1.54) is 11.1 Å². The molecule has 3 rings (SSSR count).